The molecule has 1 aliphatic heterocycles. The van der Waals surface area contributed by atoms with Gasteiger partial charge >= 0.3 is 0 Å². The predicted octanol–water partition coefficient (Wildman–Crippen LogP) is 3.62. The first-order chi connectivity index (χ1) is 13.0. The number of benzene rings is 1. The van der Waals surface area contributed by atoms with Gasteiger partial charge in [-0.15, -0.1) is 5.10 Å². The second-order valence-electron chi connectivity index (χ2n) is 7.92. The SMILES string of the molecule is CCCC(c1nnnn1C(C)(C)CC)N1CCN(c2ccc(F)cc2)CC1. The number of tetrazole rings is 1. The molecule has 0 radical (unpaired) electrons. The van der Waals surface area contributed by atoms with E-state index in [-0.39, 0.29) is 17.4 Å². The van der Waals surface area contributed by atoms with Crippen molar-refractivity contribution in [2.75, 3.05) is 31.1 Å². The average molecular weight is 375 g/mol. The van der Waals surface area contributed by atoms with E-state index in [9.17, 15) is 4.39 Å². The largest absolute Gasteiger partial charge is 0.369 e. The zero-order chi connectivity index (χ0) is 19.4. The van der Waals surface area contributed by atoms with Gasteiger partial charge in [-0.3, -0.25) is 4.90 Å². The molecule has 148 valence electrons. The minimum atomic E-state index is -0.189. The van der Waals surface area contributed by atoms with Gasteiger partial charge in [0.2, 0.25) is 0 Å². The fraction of sp³-hybridized carbons (Fsp3) is 0.650. The molecule has 1 aromatic carbocycles. The predicted molar refractivity (Wildman–Crippen MR) is 105 cm³/mol. The number of halogens is 1. The topological polar surface area (TPSA) is 50.1 Å². The molecule has 0 saturated carbocycles. The highest BCUT2D eigenvalue weighted by atomic mass is 19.1. The van der Waals surface area contributed by atoms with Crippen molar-refractivity contribution in [1.29, 1.82) is 0 Å². The van der Waals surface area contributed by atoms with Crippen LogP contribution in [0.4, 0.5) is 10.1 Å². The summed E-state index contributed by atoms with van der Waals surface area (Å²) in [6.07, 6.45) is 3.10. The minimum Gasteiger partial charge on any atom is -0.369 e. The van der Waals surface area contributed by atoms with Gasteiger partial charge in [-0.1, -0.05) is 20.3 Å². The van der Waals surface area contributed by atoms with Crippen LogP contribution < -0.4 is 4.90 Å². The van der Waals surface area contributed by atoms with E-state index in [4.69, 9.17) is 0 Å². The number of hydrogen-bond acceptors (Lipinski definition) is 5. The van der Waals surface area contributed by atoms with Crippen molar-refractivity contribution in [3.8, 4) is 0 Å². The lowest BCUT2D eigenvalue weighted by atomic mass is 10.0. The van der Waals surface area contributed by atoms with Crippen molar-refractivity contribution in [2.24, 2.45) is 0 Å². The van der Waals surface area contributed by atoms with Gasteiger partial charge in [-0.2, -0.15) is 0 Å². The summed E-state index contributed by atoms with van der Waals surface area (Å²) < 4.78 is 15.2. The van der Waals surface area contributed by atoms with E-state index >= 15 is 0 Å². The smallest absolute Gasteiger partial charge is 0.168 e. The molecule has 1 saturated heterocycles. The molecule has 2 heterocycles. The third-order valence-corrected chi connectivity index (χ3v) is 5.74. The van der Waals surface area contributed by atoms with E-state index in [1.54, 1.807) is 0 Å². The molecule has 0 amide bonds. The maximum absolute atomic E-state index is 13.2. The Balaban J connectivity index is 1.74. The Morgan fingerprint density at radius 2 is 1.74 bits per heavy atom. The Kier molecular flexibility index (Phi) is 6.09. The van der Waals surface area contributed by atoms with E-state index in [0.717, 1.165) is 57.0 Å². The van der Waals surface area contributed by atoms with Crippen LogP contribution in [0.2, 0.25) is 0 Å². The first kappa shape index (κ1) is 19.7. The van der Waals surface area contributed by atoms with Gasteiger partial charge < -0.3 is 4.90 Å². The summed E-state index contributed by atoms with van der Waals surface area (Å²) in [4.78, 5) is 4.81. The molecular weight excluding hydrogens is 343 g/mol. The van der Waals surface area contributed by atoms with Crippen LogP contribution in [0.1, 0.15) is 58.8 Å². The minimum absolute atomic E-state index is 0.0965. The van der Waals surface area contributed by atoms with E-state index < -0.39 is 0 Å². The highest BCUT2D eigenvalue weighted by molar-refractivity contribution is 5.46. The van der Waals surface area contributed by atoms with Crippen LogP contribution in [0.5, 0.6) is 0 Å². The van der Waals surface area contributed by atoms with Crippen LogP contribution >= 0.6 is 0 Å². The average Bonchev–Trinajstić information content (AvgIpc) is 3.17. The summed E-state index contributed by atoms with van der Waals surface area (Å²) in [7, 11) is 0. The van der Waals surface area contributed by atoms with E-state index in [2.05, 4.69) is 53.0 Å². The number of hydrogen-bond donors (Lipinski definition) is 0. The molecular formula is C20H31FN6. The van der Waals surface area contributed by atoms with Crippen molar-refractivity contribution in [2.45, 2.75) is 58.5 Å². The fourth-order valence-corrected chi connectivity index (χ4v) is 3.67. The first-order valence-electron chi connectivity index (χ1n) is 9.99. The Bertz CT molecular complexity index is 718. The van der Waals surface area contributed by atoms with Crippen LogP contribution in [0.15, 0.2) is 24.3 Å². The maximum atomic E-state index is 13.2. The summed E-state index contributed by atoms with van der Waals surface area (Å²) >= 11 is 0. The summed E-state index contributed by atoms with van der Waals surface area (Å²) in [5.74, 6) is 0.782. The van der Waals surface area contributed by atoms with Gasteiger partial charge in [-0.25, -0.2) is 9.07 Å². The Morgan fingerprint density at radius 3 is 2.33 bits per heavy atom. The molecule has 1 unspecified atom stereocenters. The third kappa shape index (κ3) is 4.29. The van der Waals surface area contributed by atoms with E-state index in [0.29, 0.717) is 0 Å². The van der Waals surface area contributed by atoms with Crippen molar-refractivity contribution in [3.63, 3.8) is 0 Å². The number of rotatable bonds is 7. The normalized spacial score (nSPS) is 17.3. The molecule has 0 spiro atoms. The highest BCUT2D eigenvalue weighted by Gasteiger charge is 2.32. The Morgan fingerprint density at radius 1 is 1.07 bits per heavy atom. The van der Waals surface area contributed by atoms with Gasteiger partial charge in [0.25, 0.3) is 0 Å². The maximum Gasteiger partial charge on any atom is 0.168 e. The molecule has 7 heteroatoms. The summed E-state index contributed by atoms with van der Waals surface area (Å²) in [5.41, 5.74) is 0.987. The lowest BCUT2D eigenvalue weighted by molar-refractivity contribution is 0.154. The zero-order valence-electron chi connectivity index (χ0n) is 16.9. The molecule has 6 nitrogen and oxygen atoms in total. The molecule has 0 aliphatic carbocycles. The second-order valence-corrected chi connectivity index (χ2v) is 7.92. The van der Waals surface area contributed by atoms with Crippen molar-refractivity contribution in [3.05, 3.63) is 35.9 Å². The number of aromatic nitrogens is 4. The van der Waals surface area contributed by atoms with Crippen LogP contribution in [0, 0.1) is 5.82 Å². The molecule has 0 bridgehead atoms. The molecule has 3 rings (SSSR count). The van der Waals surface area contributed by atoms with Gasteiger partial charge in [0.1, 0.15) is 5.82 Å². The van der Waals surface area contributed by atoms with Crippen molar-refractivity contribution >= 4 is 5.69 Å². The molecule has 1 aliphatic rings. The molecule has 2 aromatic rings. The fourth-order valence-electron chi connectivity index (χ4n) is 3.67. The van der Waals surface area contributed by atoms with Gasteiger partial charge in [0.05, 0.1) is 11.6 Å². The summed E-state index contributed by atoms with van der Waals surface area (Å²) in [6.45, 7) is 12.5. The third-order valence-electron chi connectivity index (χ3n) is 5.74. The highest BCUT2D eigenvalue weighted by Crippen LogP contribution is 2.30. The second kappa shape index (κ2) is 8.33. The van der Waals surface area contributed by atoms with Gasteiger partial charge in [0, 0.05) is 31.9 Å². The Labute approximate surface area is 161 Å². The van der Waals surface area contributed by atoms with Crippen LogP contribution in [-0.2, 0) is 5.54 Å². The van der Waals surface area contributed by atoms with Gasteiger partial charge in [0.15, 0.2) is 5.82 Å². The zero-order valence-corrected chi connectivity index (χ0v) is 16.9. The van der Waals surface area contributed by atoms with Crippen LogP contribution in [-0.4, -0.2) is 51.3 Å². The van der Waals surface area contributed by atoms with Gasteiger partial charge in [-0.05, 0) is 61.4 Å². The van der Waals surface area contributed by atoms with Crippen LogP contribution in [0.25, 0.3) is 0 Å². The lowest BCUT2D eigenvalue weighted by Crippen LogP contribution is -2.48. The van der Waals surface area contributed by atoms with Crippen LogP contribution in [0.3, 0.4) is 0 Å². The number of piperazine rings is 1. The number of nitrogens with zero attached hydrogens (tertiary/aromatic N) is 6. The first-order valence-corrected chi connectivity index (χ1v) is 9.99. The van der Waals surface area contributed by atoms with Crippen molar-refractivity contribution in [1.82, 2.24) is 25.1 Å². The van der Waals surface area contributed by atoms with E-state index in [1.165, 1.54) is 12.1 Å². The molecule has 1 atom stereocenters. The monoisotopic (exact) mass is 374 g/mol. The van der Waals surface area contributed by atoms with E-state index in [1.807, 2.05) is 16.8 Å². The van der Waals surface area contributed by atoms with Crippen molar-refractivity contribution < 1.29 is 4.39 Å². The molecule has 1 aromatic heterocycles. The standard InChI is InChI=1S/C20H31FN6/c1-5-7-18(19-22-23-24-27(19)20(3,4)6-2)26-14-12-25(13-15-26)17-10-8-16(21)9-11-17/h8-11,18H,5-7,12-15H2,1-4H3. The lowest BCUT2D eigenvalue weighted by Gasteiger charge is -2.40. The number of anilines is 1. The molecule has 27 heavy (non-hydrogen) atoms. The quantitative estimate of drug-likeness (QED) is 0.741. The molecule has 0 N–H and O–H groups in total. The Hall–Kier alpha value is -2.02. The summed E-state index contributed by atoms with van der Waals surface area (Å²) in [5, 5.41) is 12.7. The molecule has 1 fully saturated rings. The summed E-state index contributed by atoms with van der Waals surface area (Å²) in [6, 6.07) is 7.01.